The molecule has 0 bridgehead atoms. The third-order valence-electron chi connectivity index (χ3n) is 4.71. The minimum atomic E-state index is -0.177. The highest BCUT2D eigenvalue weighted by molar-refractivity contribution is 5.78. The highest BCUT2D eigenvalue weighted by atomic mass is 16.5. The largest absolute Gasteiger partial charge is 0.380 e. The molecule has 5 nitrogen and oxygen atoms in total. The number of ether oxygens (including phenoxy) is 1. The smallest absolute Gasteiger partial charge is 0.225 e. The van der Waals surface area contributed by atoms with Gasteiger partial charge in [-0.05, 0) is 6.42 Å². The lowest BCUT2D eigenvalue weighted by atomic mass is 9.91. The first-order valence-electron chi connectivity index (χ1n) is 11.2. The van der Waals surface area contributed by atoms with Gasteiger partial charge >= 0.3 is 0 Å². The van der Waals surface area contributed by atoms with Gasteiger partial charge in [-0.25, -0.2) is 0 Å². The predicted molar refractivity (Wildman–Crippen MR) is 128 cm³/mol. The van der Waals surface area contributed by atoms with Crippen LogP contribution in [0.1, 0.15) is 68.7 Å². The van der Waals surface area contributed by atoms with Crippen LogP contribution >= 0.6 is 0 Å². The first kappa shape index (κ1) is 30.6. The standard InChI is InChI=1S/C23H42N2O3.C2H6/c1-10-13-24(20(5)26)15-22(6,7)17-28-18-23(8,9)16-25(14-11-2)21(27)19(4)12-3;1-2/h10-11,19H,1-2,12-18H2,3-9H3;1-2H3. The van der Waals surface area contributed by atoms with E-state index in [1.807, 2.05) is 32.6 Å². The van der Waals surface area contributed by atoms with E-state index in [-0.39, 0.29) is 28.6 Å². The summed E-state index contributed by atoms with van der Waals surface area (Å²) in [5.74, 6) is 0.215. The molecule has 0 spiro atoms. The fourth-order valence-electron chi connectivity index (χ4n) is 3.06. The topological polar surface area (TPSA) is 49.9 Å². The zero-order chi connectivity index (χ0) is 24.0. The van der Waals surface area contributed by atoms with Gasteiger partial charge in [-0.3, -0.25) is 9.59 Å². The third-order valence-corrected chi connectivity index (χ3v) is 4.71. The fourth-order valence-corrected chi connectivity index (χ4v) is 3.06. The number of carbonyl (C=O) groups excluding carboxylic acids is 2. The van der Waals surface area contributed by atoms with Crippen molar-refractivity contribution in [1.82, 2.24) is 9.80 Å². The van der Waals surface area contributed by atoms with Crippen LogP contribution in [0.25, 0.3) is 0 Å². The van der Waals surface area contributed by atoms with Crippen LogP contribution in [0.3, 0.4) is 0 Å². The van der Waals surface area contributed by atoms with E-state index in [0.717, 1.165) is 6.42 Å². The van der Waals surface area contributed by atoms with Gasteiger partial charge in [-0.15, -0.1) is 13.2 Å². The summed E-state index contributed by atoms with van der Waals surface area (Å²) in [5.41, 5.74) is -0.346. The van der Waals surface area contributed by atoms with Crippen LogP contribution in [-0.2, 0) is 14.3 Å². The molecule has 0 aromatic carbocycles. The van der Waals surface area contributed by atoms with E-state index in [2.05, 4.69) is 40.9 Å². The van der Waals surface area contributed by atoms with Crippen LogP contribution in [0.5, 0.6) is 0 Å². The van der Waals surface area contributed by atoms with Crippen molar-refractivity contribution in [2.45, 2.75) is 68.7 Å². The van der Waals surface area contributed by atoms with Crippen molar-refractivity contribution in [2.75, 3.05) is 39.4 Å². The maximum atomic E-state index is 12.6. The molecule has 0 aromatic heterocycles. The van der Waals surface area contributed by atoms with Crippen LogP contribution < -0.4 is 0 Å². The van der Waals surface area contributed by atoms with Crippen LogP contribution in [0.15, 0.2) is 25.3 Å². The Kier molecular flexibility index (Phi) is 15.5. The summed E-state index contributed by atoms with van der Waals surface area (Å²) in [4.78, 5) is 28.0. The van der Waals surface area contributed by atoms with Gasteiger partial charge < -0.3 is 14.5 Å². The van der Waals surface area contributed by atoms with E-state index in [4.69, 9.17) is 4.74 Å². The van der Waals surface area contributed by atoms with E-state index in [9.17, 15) is 9.59 Å². The number of rotatable bonds is 14. The molecule has 5 heteroatoms. The second-order valence-electron chi connectivity index (χ2n) is 9.33. The van der Waals surface area contributed by atoms with Crippen molar-refractivity contribution in [2.24, 2.45) is 16.7 Å². The molecule has 0 N–H and O–H groups in total. The van der Waals surface area contributed by atoms with Crippen molar-refractivity contribution in [3.05, 3.63) is 25.3 Å². The van der Waals surface area contributed by atoms with Crippen molar-refractivity contribution < 1.29 is 14.3 Å². The molecular formula is C25H48N2O3. The Balaban J connectivity index is 0. The molecular weight excluding hydrogens is 376 g/mol. The number of hydrogen-bond donors (Lipinski definition) is 0. The Morgan fingerprint density at radius 2 is 1.33 bits per heavy atom. The lowest BCUT2D eigenvalue weighted by Gasteiger charge is -2.35. The van der Waals surface area contributed by atoms with Gasteiger partial charge in [0.25, 0.3) is 0 Å². The Morgan fingerprint density at radius 1 is 0.933 bits per heavy atom. The molecule has 0 fully saturated rings. The van der Waals surface area contributed by atoms with Crippen molar-refractivity contribution in [1.29, 1.82) is 0 Å². The second-order valence-corrected chi connectivity index (χ2v) is 9.33. The lowest BCUT2D eigenvalue weighted by Crippen LogP contribution is -2.44. The Labute approximate surface area is 186 Å². The van der Waals surface area contributed by atoms with Crippen LogP contribution in [0, 0.1) is 16.7 Å². The third kappa shape index (κ3) is 12.8. The van der Waals surface area contributed by atoms with E-state index in [0.29, 0.717) is 39.4 Å². The normalized spacial score (nSPS) is 12.3. The van der Waals surface area contributed by atoms with Crippen molar-refractivity contribution in [3.8, 4) is 0 Å². The molecule has 0 aliphatic heterocycles. The maximum absolute atomic E-state index is 12.6. The monoisotopic (exact) mass is 424 g/mol. The fraction of sp³-hybridized carbons (Fsp3) is 0.760. The van der Waals surface area contributed by atoms with Crippen LogP contribution in [0.2, 0.25) is 0 Å². The van der Waals surface area contributed by atoms with Gasteiger partial charge in [0.15, 0.2) is 0 Å². The molecule has 0 heterocycles. The van der Waals surface area contributed by atoms with Crippen molar-refractivity contribution in [3.63, 3.8) is 0 Å². The summed E-state index contributed by atoms with van der Waals surface area (Å²) in [6.45, 7) is 28.9. The first-order valence-corrected chi connectivity index (χ1v) is 11.2. The summed E-state index contributed by atoms with van der Waals surface area (Å²) in [5, 5.41) is 0. The number of hydrogen-bond acceptors (Lipinski definition) is 3. The van der Waals surface area contributed by atoms with Gasteiger partial charge in [0, 0.05) is 49.9 Å². The van der Waals surface area contributed by atoms with Gasteiger partial charge in [-0.2, -0.15) is 0 Å². The zero-order valence-electron chi connectivity index (χ0n) is 21.2. The molecule has 0 aliphatic rings. The minimum absolute atomic E-state index is 0.0121. The zero-order valence-corrected chi connectivity index (χ0v) is 21.2. The Morgan fingerprint density at radius 3 is 1.70 bits per heavy atom. The minimum Gasteiger partial charge on any atom is -0.380 e. The highest BCUT2D eigenvalue weighted by Crippen LogP contribution is 2.23. The molecule has 176 valence electrons. The lowest BCUT2D eigenvalue weighted by molar-refractivity contribution is -0.136. The molecule has 0 rings (SSSR count). The molecule has 0 aliphatic carbocycles. The molecule has 0 saturated carbocycles. The van der Waals surface area contributed by atoms with E-state index < -0.39 is 0 Å². The average molecular weight is 425 g/mol. The molecule has 0 aromatic rings. The maximum Gasteiger partial charge on any atom is 0.225 e. The highest BCUT2D eigenvalue weighted by Gasteiger charge is 2.29. The van der Waals surface area contributed by atoms with E-state index >= 15 is 0 Å². The number of carbonyl (C=O) groups is 2. The molecule has 0 radical (unpaired) electrons. The number of nitrogens with zero attached hydrogens (tertiary/aromatic N) is 2. The van der Waals surface area contributed by atoms with Gasteiger partial charge in [0.1, 0.15) is 0 Å². The summed E-state index contributed by atoms with van der Waals surface area (Å²) in [6.07, 6.45) is 4.34. The predicted octanol–water partition coefficient (Wildman–Crippen LogP) is 5.18. The van der Waals surface area contributed by atoms with Crippen LogP contribution in [0.4, 0.5) is 0 Å². The van der Waals surface area contributed by atoms with Crippen LogP contribution in [-0.4, -0.2) is 61.0 Å². The van der Waals surface area contributed by atoms with E-state index in [1.165, 1.54) is 0 Å². The Hall–Kier alpha value is -1.62. The van der Waals surface area contributed by atoms with Gasteiger partial charge in [-0.1, -0.05) is 67.5 Å². The number of amides is 2. The molecule has 30 heavy (non-hydrogen) atoms. The second kappa shape index (κ2) is 15.2. The first-order chi connectivity index (χ1) is 13.9. The van der Waals surface area contributed by atoms with Gasteiger partial charge in [0.2, 0.25) is 11.8 Å². The molecule has 2 amide bonds. The average Bonchev–Trinajstić information content (AvgIpc) is 2.66. The molecule has 1 unspecified atom stereocenters. The van der Waals surface area contributed by atoms with E-state index in [1.54, 1.807) is 24.0 Å². The summed E-state index contributed by atoms with van der Waals surface area (Å²) in [7, 11) is 0. The summed E-state index contributed by atoms with van der Waals surface area (Å²) < 4.78 is 6.04. The quantitative estimate of drug-likeness (QED) is 0.361. The SMILES string of the molecule is C=CCN(CC(C)(C)COCC(C)(C)CN(CC=C)C(=O)C(C)CC)C(C)=O.CC. The molecule has 1 atom stereocenters. The molecule has 0 saturated heterocycles. The summed E-state index contributed by atoms with van der Waals surface area (Å²) in [6, 6.07) is 0. The van der Waals surface area contributed by atoms with Gasteiger partial charge in [0.05, 0.1) is 13.2 Å². The van der Waals surface area contributed by atoms with Crippen molar-refractivity contribution >= 4 is 11.8 Å². The summed E-state index contributed by atoms with van der Waals surface area (Å²) >= 11 is 0. The Bertz CT molecular complexity index is 526.